The van der Waals surface area contributed by atoms with Crippen molar-refractivity contribution < 1.29 is 9.15 Å². The van der Waals surface area contributed by atoms with Crippen LogP contribution in [0.15, 0.2) is 21.2 Å². The predicted molar refractivity (Wildman–Crippen MR) is 81.3 cm³/mol. The van der Waals surface area contributed by atoms with Crippen LogP contribution in [0.1, 0.15) is 37.5 Å². The first-order valence-corrected chi connectivity index (χ1v) is 8.86. The molecule has 1 spiro atoms. The summed E-state index contributed by atoms with van der Waals surface area (Å²) in [5.41, 5.74) is 6.49. The number of thioether (sulfide) groups is 1. The summed E-state index contributed by atoms with van der Waals surface area (Å²) in [6.07, 6.45) is 4.45. The Bertz CT molecular complexity index is 425. The van der Waals surface area contributed by atoms with E-state index in [-0.39, 0.29) is 11.6 Å². The van der Waals surface area contributed by atoms with Gasteiger partial charge in [0.25, 0.3) is 0 Å². The first-order chi connectivity index (χ1) is 9.19. The first kappa shape index (κ1) is 14.0. The molecule has 0 aliphatic carbocycles. The molecule has 0 bridgehead atoms. The summed E-state index contributed by atoms with van der Waals surface area (Å²) in [4.78, 5) is 0. The minimum Gasteiger partial charge on any atom is -0.453 e. The molecule has 2 aliphatic heterocycles. The molecule has 2 aliphatic rings. The van der Waals surface area contributed by atoms with Gasteiger partial charge in [0.1, 0.15) is 5.76 Å². The highest BCUT2D eigenvalue weighted by Gasteiger charge is 2.41. The monoisotopic (exact) mass is 345 g/mol. The molecule has 2 fully saturated rings. The van der Waals surface area contributed by atoms with E-state index in [4.69, 9.17) is 14.9 Å². The minimum absolute atomic E-state index is 0.0124. The Hall–Kier alpha value is 0.0300. The lowest BCUT2D eigenvalue weighted by molar-refractivity contribution is -0.106. The van der Waals surface area contributed by atoms with Gasteiger partial charge in [0, 0.05) is 6.61 Å². The summed E-state index contributed by atoms with van der Waals surface area (Å²) in [6, 6.07) is 3.89. The maximum Gasteiger partial charge on any atom is 0.169 e. The highest BCUT2D eigenvalue weighted by molar-refractivity contribution is 9.10. The molecule has 0 aromatic carbocycles. The molecular formula is C14H20BrNO2S. The maximum absolute atomic E-state index is 6.40. The zero-order valence-corrected chi connectivity index (χ0v) is 13.3. The molecule has 3 rings (SSSR count). The quantitative estimate of drug-likeness (QED) is 0.886. The van der Waals surface area contributed by atoms with Crippen molar-refractivity contribution in [1.29, 1.82) is 0 Å². The summed E-state index contributed by atoms with van der Waals surface area (Å²) < 4.78 is 12.5. The molecule has 0 amide bonds. The molecule has 1 aromatic heterocycles. The second-order valence-electron chi connectivity index (χ2n) is 5.56. The van der Waals surface area contributed by atoms with Crippen LogP contribution in [0.2, 0.25) is 0 Å². The fraction of sp³-hybridized carbons (Fsp3) is 0.714. The standard InChI is InChI=1S/C14H20BrNO2S/c15-12-2-1-11(18-12)13(16)10-3-6-17-14(9-10)4-7-19-8-5-14/h1-2,10,13H,3-9,16H2. The molecule has 2 saturated heterocycles. The molecule has 2 N–H and O–H groups in total. The van der Waals surface area contributed by atoms with Crippen LogP contribution in [0.3, 0.4) is 0 Å². The third-order valence-corrected chi connectivity index (χ3v) is 5.78. The van der Waals surface area contributed by atoms with Crippen LogP contribution in [0.4, 0.5) is 0 Å². The van der Waals surface area contributed by atoms with Crippen LogP contribution in [0.5, 0.6) is 0 Å². The summed E-state index contributed by atoms with van der Waals surface area (Å²) >= 11 is 5.38. The summed E-state index contributed by atoms with van der Waals surface area (Å²) in [5, 5.41) is 0. The van der Waals surface area contributed by atoms with Crippen LogP contribution in [-0.4, -0.2) is 23.7 Å². The molecular weight excluding hydrogens is 326 g/mol. The number of rotatable bonds is 2. The molecule has 2 atom stereocenters. The van der Waals surface area contributed by atoms with Crippen molar-refractivity contribution in [3.05, 3.63) is 22.6 Å². The average molecular weight is 346 g/mol. The van der Waals surface area contributed by atoms with Crippen molar-refractivity contribution in [3.8, 4) is 0 Å². The SMILES string of the molecule is NC(c1ccc(Br)o1)C1CCOC2(CCSCC2)C1. The van der Waals surface area contributed by atoms with Gasteiger partial charge in [-0.05, 0) is 71.2 Å². The smallest absolute Gasteiger partial charge is 0.169 e. The molecule has 0 radical (unpaired) electrons. The van der Waals surface area contributed by atoms with Gasteiger partial charge in [0.2, 0.25) is 0 Å². The topological polar surface area (TPSA) is 48.4 Å². The molecule has 2 unspecified atom stereocenters. The van der Waals surface area contributed by atoms with Crippen molar-refractivity contribution in [1.82, 2.24) is 0 Å². The normalized spacial score (nSPS) is 28.4. The van der Waals surface area contributed by atoms with Crippen molar-refractivity contribution in [2.45, 2.75) is 37.3 Å². The summed E-state index contributed by atoms with van der Waals surface area (Å²) in [7, 11) is 0. The summed E-state index contributed by atoms with van der Waals surface area (Å²) in [5.74, 6) is 3.79. The van der Waals surface area contributed by atoms with Crippen molar-refractivity contribution in [2.24, 2.45) is 11.7 Å². The molecule has 1 aromatic rings. The second kappa shape index (κ2) is 5.80. The van der Waals surface area contributed by atoms with Gasteiger partial charge < -0.3 is 14.9 Å². The van der Waals surface area contributed by atoms with E-state index < -0.39 is 0 Å². The largest absolute Gasteiger partial charge is 0.453 e. The van der Waals surface area contributed by atoms with Gasteiger partial charge >= 0.3 is 0 Å². The molecule has 19 heavy (non-hydrogen) atoms. The van der Waals surface area contributed by atoms with Crippen LogP contribution in [0.25, 0.3) is 0 Å². The zero-order chi connectivity index (χ0) is 13.3. The Labute approximate surface area is 126 Å². The second-order valence-corrected chi connectivity index (χ2v) is 7.57. The van der Waals surface area contributed by atoms with E-state index in [0.717, 1.165) is 29.9 Å². The fourth-order valence-electron chi connectivity index (χ4n) is 3.20. The predicted octanol–water partition coefficient (Wildman–Crippen LogP) is 3.73. The van der Waals surface area contributed by atoms with Crippen LogP contribution in [0, 0.1) is 5.92 Å². The minimum atomic E-state index is -0.0124. The lowest BCUT2D eigenvalue weighted by Gasteiger charge is -2.44. The van der Waals surface area contributed by atoms with Crippen molar-refractivity contribution in [3.63, 3.8) is 0 Å². The number of ether oxygens (including phenoxy) is 1. The maximum atomic E-state index is 6.40. The number of hydrogen-bond donors (Lipinski definition) is 1. The Kier molecular flexibility index (Phi) is 4.27. The van der Waals surface area contributed by atoms with Gasteiger partial charge in [0.05, 0.1) is 11.6 Å². The number of halogens is 1. The van der Waals surface area contributed by atoms with Gasteiger partial charge in [-0.3, -0.25) is 0 Å². The Morgan fingerprint density at radius 3 is 2.84 bits per heavy atom. The molecule has 106 valence electrons. The van der Waals surface area contributed by atoms with E-state index in [1.807, 2.05) is 23.9 Å². The highest BCUT2D eigenvalue weighted by atomic mass is 79.9. The third-order valence-electron chi connectivity index (χ3n) is 4.37. The van der Waals surface area contributed by atoms with E-state index in [1.54, 1.807) is 0 Å². The van der Waals surface area contributed by atoms with Crippen molar-refractivity contribution in [2.75, 3.05) is 18.1 Å². The van der Waals surface area contributed by atoms with Gasteiger partial charge in [-0.2, -0.15) is 11.8 Å². The van der Waals surface area contributed by atoms with E-state index in [1.165, 1.54) is 24.3 Å². The lowest BCUT2D eigenvalue weighted by Crippen LogP contribution is -2.45. The van der Waals surface area contributed by atoms with E-state index >= 15 is 0 Å². The lowest BCUT2D eigenvalue weighted by atomic mass is 9.78. The van der Waals surface area contributed by atoms with E-state index in [0.29, 0.717) is 5.92 Å². The average Bonchev–Trinajstić information content (AvgIpc) is 2.85. The van der Waals surface area contributed by atoms with Crippen molar-refractivity contribution >= 4 is 27.7 Å². The van der Waals surface area contributed by atoms with Crippen LogP contribution >= 0.6 is 27.7 Å². The third kappa shape index (κ3) is 3.04. The fourth-order valence-corrected chi connectivity index (χ4v) is 4.76. The first-order valence-electron chi connectivity index (χ1n) is 6.91. The van der Waals surface area contributed by atoms with E-state index in [2.05, 4.69) is 15.9 Å². The Morgan fingerprint density at radius 1 is 1.37 bits per heavy atom. The molecule has 0 saturated carbocycles. The van der Waals surface area contributed by atoms with Gasteiger partial charge in [-0.15, -0.1) is 0 Å². The Morgan fingerprint density at radius 2 is 2.16 bits per heavy atom. The number of furan rings is 1. The van der Waals surface area contributed by atoms with Gasteiger partial charge in [-0.25, -0.2) is 0 Å². The molecule has 3 heterocycles. The Balaban J connectivity index is 1.70. The highest BCUT2D eigenvalue weighted by Crippen LogP contribution is 2.43. The van der Waals surface area contributed by atoms with Gasteiger partial charge in [0.15, 0.2) is 4.67 Å². The van der Waals surface area contributed by atoms with Crippen LogP contribution in [-0.2, 0) is 4.74 Å². The summed E-state index contributed by atoms with van der Waals surface area (Å²) in [6.45, 7) is 0.838. The number of hydrogen-bond acceptors (Lipinski definition) is 4. The number of nitrogens with two attached hydrogens (primary N) is 1. The molecule has 5 heteroatoms. The van der Waals surface area contributed by atoms with E-state index in [9.17, 15) is 0 Å². The zero-order valence-electron chi connectivity index (χ0n) is 10.9. The van der Waals surface area contributed by atoms with Crippen LogP contribution < -0.4 is 5.73 Å². The molecule has 3 nitrogen and oxygen atoms in total. The van der Waals surface area contributed by atoms with Gasteiger partial charge in [-0.1, -0.05) is 0 Å².